The van der Waals surface area contributed by atoms with Gasteiger partial charge >= 0.3 is 0 Å². The average molecular weight is 302 g/mol. The van der Waals surface area contributed by atoms with Gasteiger partial charge in [0.05, 0.1) is 26.4 Å². The van der Waals surface area contributed by atoms with Crippen molar-refractivity contribution in [3.05, 3.63) is 47.4 Å². The van der Waals surface area contributed by atoms with Crippen LogP contribution in [0.15, 0.2) is 34.7 Å². The zero-order valence-electron chi connectivity index (χ0n) is 13.0. The number of benzene rings is 1. The number of furan rings is 1. The molecule has 1 aromatic carbocycles. The number of hydrogen-bond donors (Lipinski definition) is 1. The Hall–Kier alpha value is -1.98. The van der Waals surface area contributed by atoms with Gasteiger partial charge in [0.25, 0.3) is 0 Å². The molecule has 1 aromatic heterocycles. The van der Waals surface area contributed by atoms with E-state index in [1.807, 2.05) is 37.3 Å². The molecule has 2 N–H and O–H groups in total. The Bertz CT molecular complexity index is 633. The maximum atomic E-state index is 6.44. The van der Waals surface area contributed by atoms with Gasteiger partial charge in [-0.15, -0.1) is 0 Å². The van der Waals surface area contributed by atoms with Gasteiger partial charge in [0.2, 0.25) is 0 Å². The SMILES string of the molecule is COc1ccc(C(N)c2ccc(C)o2)c(N2CCOCC2)c1. The summed E-state index contributed by atoms with van der Waals surface area (Å²) in [6.45, 7) is 5.08. The lowest BCUT2D eigenvalue weighted by Gasteiger charge is -2.31. The first-order chi connectivity index (χ1) is 10.7. The summed E-state index contributed by atoms with van der Waals surface area (Å²) >= 11 is 0. The van der Waals surface area contributed by atoms with Gasteiger partial charge < -0.3 is 24.5 Å². The van der Waals surface area contributed by atoms with E-state index < -0.39 is 0 Å². The number of aryl methyl sites for hydroxylation is 1. The van der Waals surface area contributed by atoms with E-state index in [1.165, 1.54) is 0 Å². The van der Waals surface area contributed by atoms with Crippen molar-refractivity contribution in [1.82, 2.24) is 0 Å². The minimum Gasteiger partial charge on any atom is -0.497 e. The van der Waals surface area contributed by atoms with E-state index in [9.17, 15) is 0 Å². The Balaban J connectivity index is 1.98. The average Bonchev–Trinajstić information content (AvgIpc) is 3.01. The van der Waals surface area contributed by atoms with Crippen LogP contribution in [0.5, 0.6) is 5.75 Å². The molecule has 0 radical (unpaired) electrons. The van der Waals surface area contributed by atoms with Crippen LogP contribution in [0, 0.1) is 6.92 Å². The molecule has 1 unspecified atom stereocenters. The first kappa shape index (κ1) is 14.9. The Kier molecular flexibility index (Phi) is 4.36. The van der Waals surface area contributed by atoms with Crippen molar-refractivity contribution in [2.45, 2.75) is 13.0 Å². The van der Waals surface area contributed by atoms with E-state index in [0.29, 0.717) is 0 Å². The minimum absolute atomic E-state index is 0.294. The van der Waals surface area contributed by atoms with Crippen molar-refractivity contribution in [1.29, 1.82) is 0 Å². The number of morpholine rings is 1. The van der Waals surface area contributed by atoms with Gasteiger partial charge in [0.15, 0.2) is 0 Å². The highest BCUT2D eigenvalue weighted by molar-refractivity contribution is 5.60. The van der Waals surface area contributed by atoms with Crippen LogP contribution in [0.1, 0.15) is 23.1 Å². The van der Waals surface area contributed by atoms with E-state index in [0.717, 1.165) is 54.8 Å². The molecule has 2 aromatic rings. The second-order valence-corrected chi connectivity index (χ2v) is 5.45. The second kappa shape index (κ2) is 6.42. The predicted octanol–water partition coefficient (Wildman–Crippen LogP) is 2.48. The molecule has 0 aliphatic carbocycles. The zero-order chi connectivity index (χ0) is 15.5. The summed E-state index contributed by atoms with van der Waals surface area (Å²) in [4.78, 5) is 2.29. The van der Waals surface area contributed by atoms with Gasteiger partial charge in [-0.1, -0.05) is 6.07 Å². The van der Waals surface area contributed by atoms with Crippen LogP contribution in [-0.4, -0.2) is 33.4 Å². The molecule has 0 spiro atoms. The number of nitrogens with two attached hydrogens (primary N) is 1. The second-order valence-electron chi connectivity index (χ2n) is 5.45. The molecule has 118 valence electrons. The van der Waals surface area contributed by atoms with Gasteiger partial charge in [-0.05, 0) is 25.1 Å². The number of anilines is 1. The molecule has 1 aliphatic heterocycles. The van der Waals surface area contributed by atoms with E-state index >= 15 is 0 Å². The Morgan fingerprint density at radius 3 is 2.59 bits per heavy atom. The third-order valence-electron chi connectivity index (χ3n) is 3.99. The Morgan fingerprint density at radius 2 is 1.95 bits per heavy atom. The normalized spacial score (nSPS) is 16.6. The maximum absolute atomic E-state index is 6.44. The first-order valence-electron chi connectivity index (χ1n) is 7.51. The highest BCUT2D eigenvalue weighted by Gasteiger charge is 2.22. The van der Waals surface area contributed by atoms with Gasteiger partial charge in [0, 0.05) is 30.4 Å². The summed E-state index contributed by atoms with van der Waals surface area (Å²) in [7, 11) is 1.67. The maximum Gasteiger partial charge on any atom is 0.125 e. The number of ether oxygens (including phenoxy) is 2. The quantitative estimate of drug-likeness (QED) is 0.940. The molecule has 1 fully saturated rings. The van der Waals surface area contributed by atoms with E-state index in [4.69, 9.17) is 19.6 Å². The van der Waals surface area contributed by atoms with Crippen LogP contribution in [-0.2, 0) is 4.74 Å². The molecule has 5 heteroatoms. The predicted molar refractivity (Wildman–Crippen MR) is 85.5 cm³/mol. The molecule has 3 rings (SSSR count). The smallest absolute Gasteiger partial charge is 0.125 e. The molecule has 5 nitrogen and oxygen atoms in total. The van der Waals surface area contributed by atoms with Crippen molar-refractivity contribution in [2.75, 3.05) is 38.3 Å². The van der Waals surface area contributed by atoms with Crippen LogP contribution < -0.4 is 15.4 Å². The van der Waals surface area contributed by atoms with Crippen LogP contribution in [0.3, 0.4) is 0 Å². The fourth-order valence-electron chi connectivity index (χ4n) is 2.77. The molecule has 1 saturated heterocycles. The summed E-state index contributed by atoms with van der Waals surface area (Å²) < 4.78 is 16.5. The molecule has 22 heavy (non-hydrogen) atoms. The lowest BCUT2D eigenvalue weighted by molar-refractivity contribution is 0.122. The Morgan fingerprint density at radius 1 is 1.18 bits per heavy atom. The van der Waals surface area contributed by atoms with Crippen molar-refractivity contribution in [2.24, 2.45) is 5.73 Å². The number of rotatable bonds is 4. The lowest BCUT2D eigenvalue weighted by Crippen LogP contribution is -2.37. The molecule has 0 saturated carbocycles. The van der Waals surface area contributed by atoms with Gasteiger partial charge in [0.1, 0.15) is 17.3 Å². The molecule has 1 atom stereocenters. The fourth-order valence-corrected chi connectivity index (χ4v) is 2.77. The van der Waals surface area contributed by atoms with Crippen LogP contribution in [0.2, 0.25) is 0 Å². The highest BCUT2D eigenvalue weighted by Crippen LogP contribution is 2.33. The van der Waals surface area contributed by atoms with Crippen LogP contribution >= 0.6 is 0 Å². The zero-order valence-corrected chi connectivity index (χ0v) is 13.0. The largest absolute Gasteiger partial charge is 0.497 e. The number of nitrogens with zero attached hydrogens (tertiary/aromatic N) is 1. The van der Waals surface area contributed by atoms with E-state index in [1.54, 1.807) is 7.11 Å². The topological polar surface area (TPSA) is 60.9 Å². The third-order valence-corrected chi connectivity index (χ3v) is 3.99. The monoisotopic (exact) mass is 302 g/mol. The molecule has 2 heterocycles. The first-order valence-corrected chi connectivity index (χ1v) is 7.51. The van der Waals surface area contributed by atoms with Gasteiger partial charge in [-0.2, -0.15) is 0 Å². The molecule has 0 amide bonds. The summed E-state index contributed by atoms with van der Waals surface area (Å²) in [6.07, 6.45) is 0. The van der Waals surface area contributed by atoms with Crippen LogP contribution in [0.4, 0.5) is 5.69 Å². The summed E-state index contributed by atoms with van der Waals surface area (Å²) in [5, 5.41) is 0. The minimum atomic E-state index is -0.294. The third kappa shape index (κ3) is 2.96. The van der Waals surface area contributed by atoms with Crippen molar-refractivity contribution in [3.63, 3.8) is 0 Å². The number of hydrogen-bond acceptors (Lipinski definition) is 5. The van der Waals surface area contributed by atoms with Crippen molar-refractivity contribution in [3.8, 4) is 5.75 Å². The van der Waals surface area contributed by atoms with Gasteiger partial charge in [-0.25, -0.2) is 0 Å². The van der Waals surface area contributed by atoms with Crippen LogP contribution in [0.25, 0.3) is 0 Å². The number of methoxy groups -OCH3 is 1. The van der Waals surface area contributed by atoms with E-state index in [-0.39, 0.29) is 6.04 Å². The summed E-state index contributed by atoms with van der Waals surface area (Å²) in [6, 6.07) is 9.58. The standard InChI is InChI=1S/C17H22N2O3/c1-12-3-6-16(22-12)17(18)14-5-4-13(20-2)11-15(14)19-7-9-21-10-8-19/h3-6,11,17H,7-10,18H2,1-2H3. The summed E-state index contributed by atoms with van der Waals surface area (Å²) in [5.41, 5.74) is 8.56. The van der Waals surface area contributed by atoms with Gasteiger partial charge in [-0.3, -0.25) is 0 Å². The summed E-state index contributed by atoms with van der Waals surface area (Å²) in [5.74, 6) is 2.47. The Labute approximate surface area is 130 Å². The van der Waals surface area contributed by atoms with Crippen molar-refractivity contribution < 1.29 is 13.9 Å². The fraction of sp³-hybridized carbons (Fsp3) is 0.412. The van der Waals surface area contributed by atoms with E-state index in [2.05, 4.69) is 4.90 Å². The lowest BCUT2D eigenvalue weighted by atomic mass is 10.0. The molecule has 1 aliphatic rings. The van der Waals surface area contributed by atoms with Crippen molar-refractivity contribution >= 4 is 5.69 Å². The molecular weight excluding hydrogens is 280 g/mol. The molecular formula is C17H22N2O3. The highest BCUT2D eigenvalue weighted by atomic mass is 16.5. The molecule has 0 bridgehead atoms.